The Balaban J connectivity index is 2.14. The first-order valence-corrected chi connectivity index (χ1v) is 6.65. The number of hydrogen-bond donors (Lipinski definition) is 0. The van der Waals surface area contributed by atoms with Gasteiger partial charge in [0, 0.05) is 6.42 Å². The molecule has 3 aromatic rings. The van der Waals surface area contributed by atoms with Gasteiger partial charge in [0.15, 0.2) is 0 Å². The van der Waals surface area contributed by atoms with Crippen LogP contribution in [0.2, 0.25) is 0 Å². The van der Waals surface area contributed by atoms with E-state index >= 15 is 0 Å². The SMILES string of the molecule is CC(C#N)(Cc1ccco1)c1cccc2ccccc12. The number of nitrogens with zero attached hydrogens (tertiary/aromatic N) is 1. The van der Waals surface area contributed by atoms with Gasteiger partial charge in [-0.15, -0.1) is 0 Å². The minimum Gasteiger partial charge on any atom is -0.469 e. The molecule has 0 fully saturated rings. The lowest BCUT2D eigenvalue weighted by Gasteiger charge is -2.22. The van der Waals surface area contributed by atoms with E-state index in [1.54, 1.807) is 6.26 Å². The molecular weight excluding hydrogens is 246 g/mol. The molecule has 1 unspecified atom stereocenters. The van der Waals surface area contributed by atoms with Crippen molar-refractivity contribution in [2.24, 2.45) is 0 Å². The highest BCUT2D eigenvalue weighted by Gasteiger charge is 2.29. The van der Waals surface area contributed by atoms with Gasteiger partial charge in [0.1, 0.15) is 5.76 Å². The highest BCUT2D eigenvalue weighted by molar-refractivity contribution is 5.87. The second kappa shape index (κ2) is 4.86. The van der Waals surface area contributed by atoms with E-state index in [0.717, 1.165) is 22.1 Å². The van der Waals surface area contributed by atoms with Gasteiger partial charge in [0.05, 0.1) is 17.7 Å². The van der Waals surface area contributed by atoms with Crippen molar-refractivity contribution in [2.75, 3.05) is 0 Å². The summed E-state index contributed by atoms with van der Waals surface area (Å²) in [5.41, 5.74) is 0.452. The van der Waals surface area contributed by atoms with Gasteiger partial charge >= 0.3 is 0 Å². The van der Waals surface area contributed by atoms with Gasteiger partial charge in [-0.05, 0) is 35.4 Å². The van der Waals surface area contributed by atoms with Crippen LogP contribution in [-0.2, 0) is 11.8 Å². The van der Waals surface area contributed by atoms with Crippen molar-refractivity contribution < 1.29 is 4.42 Å². The average Bonchev–Trinajstić information content (AvgIpc) is 2.99. The Labute approximate surface area is 118 Å². The Morgan fingerprint density at radius 2 is 1.85 bits per heavy atom. The van der Waals surface area contributed by atoms with Gasteiger partial charge in [-0.1, -0.05) is 42.5 Å². The molecule has 0 amide bonds. The Kier molecular flexibility index (Phi) is 3.04. The molecule has 98 valence electrons. The maximum Gasteiger partial charge on any atom is 0.105 e. The van der Waals surface area contributed by atoms with Crippen LogP contribution >= 0.6 is 0 Å². The predicted octanol–water partition coefficient (Wildman–Crippen LogP) is 4.46. The molecule has 0 radical (unpaired) electrons. The highest BCUT2D eigenvalue weighted by Crippen LogP contribution is 2.33. The molecule has 1 heterocycles. The van der Waals surface area contributed by atoms with Gasteiger partial charge < -0.3 is 4.42 Å². The van der Waals surface area contributed by atoms with E-state index in [2.05, 4.69) is 24.3 Å². The monoisotopic (exact) mass is 261 g/mol. The molecule has 0 spiro atoms. The van der Waals surface area contributed by atoms with Gasteiger partial charge in [0.2, 0.25) is 0 Å². The third kappa shape index (κ3) is 2.08. The van der Waals surface area contributed by atoms with E-state index in [9.17, 15) is 5.26 Å². The van der Waals surface area contributed by atoms with E-state index in [-0.39, 0.29) is 0 Å². The summed E-state index contributed by atoms with van der Waals surface area (Å²) in [7, 11) is 0. The molecule has 0 aliphatic rings. The van der Waals surface area contributed by atoms with Crippen LogP contribution in [0.5, 0.6) is 0 Å². The van der Waals surface area contributed by atoms with Gasteiger partial charge in [0.25, 0.3) is 0 Å². The Morgan fingerprint density at radius 1 is 1.05 bits per heavy atom. The molecule has 0 aliphatic heterocycles. The maximum atomic E-state index is 9.71. The quantitative estimate of drug-likeness (QED) is 0.698. The molecule has 0 bridgehead atoms. The molecule has 0 saturated heterocycles. The van der Waals surface area contributed by atoms with Gasteiger partial charge in [-0.3, -0.25) is 0 Å². The van der Waals surface area contributed by atoms with E-state index in [1.807, 2.05) is 43.3 Å². The van der Waals surface area contributed by atoms with Crippen LogP contribution in [-0.4, -0.2) is 0 Å². The molecule has 20 heavy (non-hydrogen) atoms. The van der Waals surface area contributed by atoms with Crippen molar-refractivity contribution in [3.63, 3.8) is 0 Å². The predicted molar refractivity (Wildman–Crippen MR) is 79.3 cm³/mol. The molecule has 0 aliphatic carbocycles. The first-order chi connectivity index (χ1) is 9.73. The minimum atomic E-state index is -0.598. The number of hydrogen-bond acceptors (Lipinski definition) is 2. The van der Waals surface area contributed by atoms with E-state index in [4.69, 9.17) is 4.42 Å². The van der Waals surface area contributed by atoms with Crippen LogP contribution in [0.25, 0.3) is 10.8 Å². The zero-order valence-electron chi connectivity index (χ0n) is 11.3. The summed E-state index contributed by atoms with van der Waals surface area (Å²) < 4.78 is 5.41. The second-order valence-corrected chi connectivity index (χ2v) is 5.23. The molecule has 0 saturated carbocycles. The van der Waals surface area contributed by atoms with Crippen LogP contribution in [0.15, 0.2) is 65.3 Å². The van der Waals surface area contributed by atoms with Gasteiger partial charge in [-0.25, -0.2) is 0 Å². The molecule has 2 heteroatoms. The van der Waals surface area contributed by atoms with E-state index in [1.165, 1.54) is 0 Å². The summed E-state index contributed by atoms with van der Waals surface area (Å²) in [6.45, 7) is 1.97. The van der Waals surface area contributed by atoms with Crippen LogP contribution in [0.4, 0.5) is 0 Å². The van der Waals surface area contributed by atoms with Crippen LogP contribution < -0.4 is 0 Å². The third-order valence-electron chi connectivity index (χ3n) is 3.74. The number of furan rings is 1. The molecule has 2 nitrogen and oxygen atoms in total. The summed E-state index contributed by atoms with van der Waals surface area (Å²) >= 11 is 0. The number of rotatable bonds is 3. The second-order valence-electron chi connectivity index (χ2n) is 5.23. The normalized spacial score (nSPS) is 13.8. The fourth-order valence-electron chi connectivity index (χ4n) is 2.66. The molecule has 1 atom stereocenters. The summed E-state index contributed by atoms with van der Waals surface area (Å²) in [5.74, 6) is 0.835. The van der Waals surface area contributed by atoms with E-state index < -0.39 is 5.41 Å². The summed E-state index contributed by atoms with van der Waals surface area (Å²) in [6.07, 6.45) is 2.22. The first-order valence-electron chi connectivity index (χ1n) is 6.65. The minimum absolute atomic E-state index is 0.574. The van der Waals surface area contributed by atoms with Crippen molar-refractivity contribution >= 4 is 10.8 Å². The van der Waals surface area contributed by atoms with Gasteiger partial charge in [-0.2, -0.15) is 5.26 Å². The fraction of sp³-hybridized carbons (Fsp3) is 0.167. The Morgan fingerprint density at radius 3 is 2.60 bits per heavy atom. The van der Waals surface area contributed by atoms with Crippen molar-refractivity contribution in [1.29, 1.82) is 5.26 Å². The largest absolute Gasteiger partial charge is 0.469 e. The lowest BCUT2D eigenvalue weighted by Crippen LogP contribution is -2.23. The smallest absolute Gasteiger partial charge is 0.105 e. The standard InChI is InChI=1S/C18H15NO/c1-18(13-19,12-15-8-5-11-20-15)17-10-4-7-14-6-2-3-9-16(14)17/h2-11H,12H2,1H3. The summed E-state index contributed by atoms with van der Waals surface area (Å²) in [5, 5.41) is 12.0. The van der Waals surface area contributed by atoms with Crippen LogP contribution in [0.3, 0.4) is 0 Å². The fourth-order valence-corrected chi connectivity index (χ4v) is 2.66. The zero-order valence-corrected chi connectivity index (χ0v) is 11.3. The van der Waals surface area contributed by atoms with Crippen molar-refractivity contribution in [2.45, 2.75) is 18.8 Å². The molecule has 0 N–H and O–H groups in total. The Bertz CT molecular complexity index is 762. The molecule has 1 aromatic heterocycles. The zero-order chi connectivity index (χ0) is 14.0. The lowest BCUT2D eigenvalue weighted by atomic mass is 9.78. The Hall–Kier alpha value is -2.53. The molecule has 3 rings (SSSR count). The number of nitriles is 1. The number of benzene rings is 2. The highest BCUT2D eigenvalue weighted by atomic mass is 16.3. The number of fused-ring (bicyclic) bond motifs is 1. The van der Waals surface area contributed by atoms with Crippen LogP contribution in [0, 0.1) is 11.3 Å². The summed E-state index contributed by atoms with van der Waals surface area (Å²) in [4.78, 5) is 0. The van der Waals surface area contributed by atoms with E-state index in [0.29, 0.717) is 6.42 Å². The van der Waals surface area contributed by atoms with Crippen molar-refractivity contribution in [3.05, 3.63) is 72.2 Å². The topological polar surface area (TPSA) is 36.9 Å². The van der Waals surface area contributed by atoms with Crippen molar-refractivity contribution in [1.82, 2.24) is 0 Å². The first kappa shape index (κ1) is 12.5. The lowest BCUT2D eigenvalue weighted by molar-refractivity contribution is 0.464. The van der Waals surface area contributed by atoms with Crippen LogP contribution in [0.1, 0.15) is 18.2 Å². The average molecular weight is 261 g/mol. The van der Waals surface area contributed by atoms with Crippen molar-refractivity contribution in [3.8, 4) is 6.07 Å². The molecule has 2 aromatic carbocycles. The summed E-state index contributed by atoms with van der Waals surface area (Å²) in [6, 6.07) is 20.5. The third-order valence-corrected chi connectivity index (χ3v) is 3.74. The molecular formula is C18H15NO. The maximum absolute atomic E-state index is 9.71.